The Balaban J connectivity index is 4.64. The molecule has 4 heteroatoms. The van der Waals surface area contributed by atoms with E-state index in [0.717, 1.165) is 12.3 Å². The maximum atomic E-state index is 5.54. The third kappa shape index (κ3) is 2.41. The molecule has 0 spiro atoms. The van der Waals surface area contributed by atoms with Gasteiger partial charge in [-0.3, -0.25) is 0 Å². The lowest BCUT2D eigenvalue weighted by atomic mass is 11.0. The summed E-state index contributed by atoms with van der Waals surface area (Å²) in [5, 5.41) is 0. The summed E-state index contributed by atoms with van der Waals surface area (Å²) in [4.78, 5) is 0. The number of hydrogen-bond acceptors (Lipinski definition) is 2. The number of hydrogen-bond donors (Lipinski definition) is 0. The van der Waals surface area contributed by atoms with Gasteiger partial charge in [0, 0.05) is 0 Å². The van der Waals surface area contributed by atoms with E-state index in [2.05, 4.69) is 27.2 Å². The summed E-state index contributed by atoms with van der Waals surface area (Å²) >= 11 is 11.1. The summed E-state index contributed by atoms with van der Waals surface area (Å²) in [7, 11) is 0. The minimum absolute atomic E-state index is 1.12. The third-order valence-electron chi connectivity index (χ3n) is 2.07. The lowest BCUT2D eigenvalue weighted by Crippen LogP contribution is -1.87. The van der Waals surface area contributed by atoms with Crippen LogP contribution in [-0.4, -0.2) is 25.7 Å². The van der Waals surface area contributed by atoms with Crippen molar-refractivity contribution in [2.75, 3.05) is 25.7 Å². The monoisotopic (exact) mass is 214 g/mol. The summed E-state index contributed by atoms with van der Waals surface area (Å²) in [5.74, 6) is 0. The predicted molar refractivity (Wildman–Crippen MR) is 61.5 cm³/mol. The molecule has 0 saturated carbocycles. The molecule has 0 aromatic carbocycles. The molecule has 10 heavy (non-hydrogen) atoms. The van der Waals surface area contributed by atoms with Gasteiger partial charge in [-0.25, -0.2) is 0 Å². The van der Waals surface area contributed by atoms with Crippen LogP contribution >= 0.6 is 11.5 Å². The van der Waals surface area contributed by atoms with E-state index >= 15 is 0 Å². The highest BCUT2D eigenvalue weighted by Crippen LogP contribution is 2.77. The fourth-order valence-corrected chi connectivity index (χ4v) is 7.46. The molecular weight excluding hydrogens is 198 g/mol. The Morgan fingerprint density at radius 2 is 1.10 bits per heavy atom. The average Bonchev–Trinajstić information content (AvgIpc) is 1.88. The van der Waals surface area contributed by atoms with E-state index in [4.69, 9.17) is 23.6 Å². The van der Waals surface area contributed by atoms with Crippen molar-refractivity contribution in [3.05, 3.63) is 0 Å². The van der Waals surface area contributed by atoms with Crippen LogP contribution in [0.15, 0.2) is 0 Å². The van der Waals surface area contributed by atoms with E-state index < -0.39 is 11.5 Å². The first-order valence-electron chi connectivity index (χ1n) is 3.51. The van der Waals surface area contributed by atoms with Crippen molar-refractivity contribution >= 4 is 35.1 Å². The van der Waals surface area contributed by atoms with Crippen LogP contribution in [0.25, 0.3) is 0 Å². The topological polar surface area (TPSA) is 0 Å². The first-order valence-corrected chi connectivity index (χ1v) is 11.1. The maximum Gasteiger partial charge on any atom is -0.0164 e. The molecule has 0 bridgehead atoms. The van der Waals surface area contributed by atoms with Crippen LogP contribution in [0.4, 0.5) is 0 Å². The first-order chi connectivity index (χ1) is 4.37. The predicted octanol–water partition coefficient (Wildman–Crippen LogP) is 3.16. The smallest absolute Gasteiger partial charge is 0.0164 e. The summed E-state index contributed by atoms with van der Waals surface area (Å²) in [6.45, 7) is 8.82. The van der Waals surface area contributed by atoms with Crippen molar-refractivity contribution in [2.24, 2.45) is 0 Å². The van der Waals surface area contributed by atoms with Gasteiger partial charge in [-0.15, -0.1) is 0 Å². The van der Waals surface area contributed by atoms with Crippen LogP contribution in [0, 0.1) is 0 Å². The highest BCUT2D eigenvalue weighted by atomic mass is 32.8. The molecule has 0 aliphatic rings. The van der Waals surface area contributed by atoms with Crippen LogP contribution in [0.3, 0.4) is 0 Å². The van der Waals surface area contributed by atoms with Crippen molar-refractivity contribution in [2.45, 2.75) is 13.8 Å². The molecule has 0 aliphatic carbocycles. The average molecular weight is 214 g/mol. The van der Waals surface area contributed by atoms with E-state index in [1.54, 1.807) is 0 Å². The molecule has 0 radical (unpaired) electrons. The van der Waals surface area contributed by atoms with Crippen molar-refractivity contribution < 1.29 is 0 Å². The quantitative estimate of drug-likeness (QED) is 0.662. The SMILES string of the molecule is CC[P@@](C)(=S)[P@](C)(=S)CC. The van der Waals surface area contributed by atoms with Gasteiger partial charge >= 0.3 is 0 Å². The Morgan fingerprint density at radius 3 is 1.20 bits per heavy atom. The van der Waals surface area contributed by atoms with Gasteiger partial charge in [-0.2, -0.15) is 0 Å². The summed E-state index contributed by atoms with van der Waals surface area (Å²) in [6.07, 6.45) is 2.29. The largest absolute Gasteiger partial charge is 0.0922 e. The second-order valence-corrected chi connectivity index (χ2v) is 20.0. The van der Waals surface area contributed by atoms with Crippen LogP contribution in [0.5, 0.6) is 0 Å². The van der Waals surface area contributed by atoms with Gasteiger partial charge in [-0.05, 0) is 37.1 Å². The minimum Gasteiger partial charge on any atom is -0.0922 e. The molecule has 0 aliphatic heterocycles. The highest BCUT2D eigenvalue weighted by molar-refractivity contribution is 8.65. The second-order valence-electron chi connectivity index (χ2n) is 2.73. The molecule has 0 aromatic rings. The van der Waals surface area contributed by atoms with E-state index in [1.807, 2.05) is 0 Å². The Kier molecular flexibility index (Phi) is 4.30. The van der Waals surface area contributed by atoms with Gasteiger partial charge in [0.1, 0.15) is 0 Å². The lowest BCUT2D eigenvalue weighted by Gasteiger charge is -2.26. The van der Waals surface area contributed by atoms with Crippen molar-refractivity contribution in [3.8, 4) is 0 Å². The Hall–Kier alpha value is 1.30. The van der Waals surface area contributed by atoms with Gasteiger partial charge < -0.3 is 0 Å². The third-order valence-corrected chi connectivity index (χ3v) is 22.2. The fraction of sp³-hybridized carbons (Fsp3) is 1.00. The van der Waals surface area contributed by atoms with Gasteiger partial charge in [0.25, 0.3) is 0 Å². The molecule has 0 heterocycles. The minimum atomic E-state index is -1.12. The van der Waals surface area contributed by atoms with Crippen molar-refractivity contribution in [1.82, 2.24) is 0 Å². The fourth-order valence-electron chi connectivity index (χ4n) is 0.598. The van der Waals surface area contributed by atoms with E-state index in [0.29, 0.717) is 0 Å². The molecule has 0 saturated heterocycles. The molecule has 0 aromatic heterocycles. The molecule has 0 N–H and O–H groups in total. The highest BCUT2D eigenvalue weighted by Gasteiger charge is 2.21. The number of rotatable bonds is 3. The molecule has 0 amide bonds. The van der Waals surface area contributed by atoms with E-state index in [9.17, 15) is 0 Å². The van der Waals surface area contributed by atoms with Crippen LogP contribution in [-0.2, 0) is 23.6 Å². The zero-order valence-electron chi connectivity index (χ0n) is 7.13. The van der Waals surface area contributed by atoms with Crippen LogP contribution in [0.2, 0.25) is 0 Å². The zero-order valence-corrected chi connectivity index (χ0v) is 10.5. The molecule has 0 nitrogen and oxygen atoms in total. The summed E-state index contributed by atoms with van der Waals surface area (Å²) in [6, 6.07) is 0. The molecule has 0 unspecified atom stereocenters. The van der Waals surface area contributed by atoms with E-state index in [-0.39, 0.29) is 0 Å². The van der Waals surface area contributed by atoms with Crippen molar-refractivity contribution in [3.63, 3.8) is 0 Å². The molecule has 62 valence electrons. The lowest BCUT2D eigenvalue weighted by molar-refractivity contribution is 1.49. The summed E-state index contributed by atoms with van der Waals surface area (Å²) in [5.41, 5.74) is -2.23. The Labute approximate surface area is 74.7 Å². The van der Waals surface area contributed by atoms with E-state index in [1.165, 1.54) is 0 Å². The van der Waals surface area contributed by atoms with Gasteiger partial charge in [-0.1, -0.05) is 37.5 Å². The molecule has 2 atom stereocenters. The van der Waals surface area contributed by atoms with Crippen LogP contribution < -0.4 is 0 Å². The standard InChI is InChI=1S/C6H16P2S2/c1-5-7(3,9)8(4,10)6-2/h5-6H2,1-4H3/t7-,8-/m1/s1. The van der Waals surface area contributed by atoms with Gasteiger partial charge in [0.2, 0.25) is 0 Å². The Bertz CT molecular complexity index is 176. The molecule has 0 rings (SSSR count). The maximum absolute atomic E-state index is 5.54. The first kappa shape index (κ1) is 11.3. The van der Waals surface area contributed by atoms with Gasteiger partial charge in [0.15, 0.2) is 0 Å². The molecular formula is C6H16P2S2. The van der Waals surface area contributed by atoms with Gasteiger partial charge in [0.05, 0.1) is 0 Å². The Morgan fingerprint density at radius 1 is 0.900 bits per heavy atom. The second kappa shape index (κ2) is 3.81. The normalized spacial score (nSPS) is 23.2. The van der Waals surface area contributed by atoms with Crippen LogP contribution in [0.1, 0.15) is 13.8 Å². The zero-order chi connectivity index (χ0) is 8.41. The van der Waals surface area contributed by atoms with Crippen molar-refractivity contribution in [1.29, 1.82) is 0 Å². The molecule has 0 fully saturated rings. The summed E-state index contributed by atoms with van der Waals surface area (Å²) < 4.78 is 0.